The third-order valence-corrected chi connectivity index (χ3v) is 4.06. The van der Waals surface area contributed by atoms with Gasteiger partial charge in [-0.25, -0.2) is 4.98 Å². The maximum atomic E-state index is 12.2. The minimum atomic E-state index is -0.179. The molecule has 0 bridgehead atoms. The van der Waals surface area contributed by atoms with Gasteiger partial charge in [0.2, 0.25) is 0 Å². The molecule has 0 unspecified atom stereocenters. The van der Waals surface area contributed by atoms with Crippen molar-refractivity contribution in [2.24, 2.45) is 0 Å². The molecule has 2 aromatic rings. The highest BCUT2D eigenvalue weighted by Crippen LogP contribution is 2.22. The molecule has 1 amide bonds. The smallest absolute Gasteiger partial charge is 0.255 e. The van der Waals surface area contributed by atoms with Gasteiger partial charge in [-0.15, -0.1) is 0 Å². The molecule has 23 heavy (non-hydrogen) atoms. The number of amides is 1. The lowest BCUT2D eigenvalue weighted by molar-refractivity contribution is 0.102. The highest BCUT2D eigenvalue weighted by molar-refractivity contribution is 6.04. The molecular weight excluding hydrogens is 290 g/mol. The van der Waals surface area contributed by atoms with Gasteiger partial charge in [-0.2, -0.15) is 0 Å². The van der Waals surface area contributed by atoms with E-state index in [4.69, 9.17) is 4.74 Å². The Morgan fingerprint density at radius 1 is 1.22 bits per heavy atom. The van der Waals surface area contributed by atoms with E-state index in [-0.39, 0.29) is 5.91 Å². The SMILES string of the molecule is COc1cccc(C(=O)Nc2ccc(NC3CCCC3)nc2)c1. The van der Waals surface area contributed by atoms with Crippen LogP contribution in [0.1, 0.15) is 36.0 Å². The van der Waals surface area contributed by atoms with Crippen LogP contribution in [0, 0.1) is 0 Å². The van der Waals surface area contributed by atoms with Crippen LogP contribution in [0.5, 0.6) is 5.75 Å². The Bertz CT molecular complexity index is 664. The molecule has 2 N–H and O–H groups in total. The molecule has 1 fully saturated rings. The third kappa shape index (κ3) is 4.00. The fraction of sp³-hybridized carbons (Fsp3) is 0.333. The molecule has 5 nitrogen and oxygen atoms in total. The van der Waals surface area contributed by atoms with Crippen molar-refractivity contribution in [3.05, 3.63) is 48.2 Å². The molecule has 0 saturated heterocycles. The number of methoxy groups -OCH3 is 1. The van der Waals surface area contributed by atoms with Crippen LogP contribution >= 0.6 is 0 Å². The van der Waals surface area contributed by atoms with Crippen molar-refractivity contribution < 1.29 is 9.53 Å². The Balaban J connectivity index is 1.61. The van der Waals surface area contributed by atoms with Crippen LogP contribution in [0.15, 0.2) is 42.6 Å². The summed E-state index contributed by atoms with van der Waals surface area (Å²) in [7, 11) is 1.58. The van der Waals surface area contributed by atoms with Gasteiger partial charge in [-0.3, -0.25) is 4.79 Å². The standard InChI is InChI=1S/C18H21N3O2/c1-23-16-8-4-5-13(11-16)18(22)21-15-9-10-17(19-12-15)20-14-6-2-3-7-14/h4-5,8-12,14H,2-3,6-7H2,1H3,(H,19,20)(H,21,22). The van der Waals surface area contributed by atoms with E-state index in [2.05, 4.69) is 15.6 Å². The minimum absolute atomic E-state index is 0.179. The summed E-state index contributed by atoms with van der Waals surface area (Å²) < 4.78 is 5.13. The van der Waals surface area contributed by atoms with Crippen molar-refractivity contribution in [1.82, 2.24) is 4.98 Å². The summed E-state index contributed by atoms with van der Waals surface area (Å²) in [5.74, 6) is 1.34. The normalized spacial score (nSPS) is 14.5. The molecule has 1 aromatic carbocycles. The Kier molecular flexibility index (Phi) is 4.76. The van der Waals surface area contributed by atoms with Gasteiger partial charge in [0.25, 0.3) is 5.91 Å². The Morgan fingerprint density at radius 3 is 2.74 bits per heavy atom. The summed E-state index contributed by atoms with van der Waals surface area (Å²) in [6.45, 7) is 0. The second-order valence-electron chi connectivity index (χ2n) is 5.74. The topological polar surface area (TPSA) is 63.2 Å². The summed E-state index contributed by atoms with van der Waals surface area (Å²) in [5, 5.41) is 6.27. The highest BCUT2D eigenvalue weighted by Gasteiger charge is 2.14. The summed E-state index contributed by atoms with van der Waals surface area (Å²) in [6.07, 6.45) is 6.65. The number of rotatable bonds is 5. The lowest BCUT2D eigenvalue weighted by Gasteiger charge is -2.13. The number of anilines is 2. The quantitative estimate of drug-likeness (QED) is 0.884. The van der Waals surface area contributed by atoms with Gasteiger partial charge in [0.1, 0.15) is 11.6 Å². The van der Waals surface area contributed by atoms with E-state index >= 15 is 0 Å². The second kappa shape index (κ2) is 7.13. The number of hydrogen-bond donors (Lipinski definition) is 2. The Labute approximate surface area is 136 Å². The van der Waals surface area contributed by atoms with Crippen molar-refractivity contribution in [2.45, 2.75) is 31.7 Å². The molecule has 1 aliphatic rings. The zero-order chi connectivity index (χ0) is 16.1. The minimum Gasteiger partial charge on any atom is -0.497 e. The van der Waals surface area contributed by atoms with Gasteiger partial charge >= 0.3 is 0 Å². The van der Waals surface area contributed by atoms with Crippen LogP contribution in [0.4, 0.5) is 11.5 Å². The van der Waals surface area contributed by atoms with E-state index in [1.807, 2.05) is 18.2 Å². The van der Waals surface area contributed by atoms with Crippen molar-refractivity contribution in [1.29, 1.82) is 0 Å². The molecule has 0 radical (unpaired) electrons. The van der Waals surface area contributed by atoms with Crippen molar-refractivity contribution in [3.8, 4) is 5.75 Å². The number of nitrogens with zero attached hydrogens (tertiary/aromatic N) is 1. The number of nitrogens with one attached hydrogen (secondary N) is 2. The predicted molar refractivity (Wildman–Crippen MR) is 91.1 cm³/mol. The van der Waals surface area contributed by atoms with Crippen molar-refractivity contribution in [3.63, 3.8) is 0 Å². The number of aromatic nitrogens is 1. The summed E-state index contributed by atoms with van der Waals surface area (Å²) in [6, 6.07) is 11.4. The van der Waals surface area contributed by atoms with Crippen molar-refractivity contribution in [2.75, 3.05) is 17.7 Å². The van der Waals surface area contributed by atoms with Gasteiger partial charge in [0.15, 0.2) is 0 Å². The average molecular weight is 311 g/mol. The number of carbonyl (C=O) groups excluding carboxylic acids is 1. The number of ether oxygens (including phenoxy) is 1. The first-order valence-corrected chi connectivity index (χ1v) is 7.92. The number of pyridine rings is 1. The monoisotopic (exact) mass is 311 g/mol. The van der Waals surface area contributed by atoms with E-state index < -0.39 is 0 Å². The summed E-state index contributed by atoms with van der Waals surface area (Å²) in [5.41, 5.74) is 1.23. The van der Waals surface area contributed by atoms with Crippen LogP contribution in [0.2, 0.25) is 0 Å². The molecule has 0 spiro atoms. The lowest BCUT2D eigenvalue weighted by Crippen LogP contribution is -2.16. The fourth-order valence-corrected chi connectivity index (χ4v) is 2.80. The van der Waals surface area contributed by atoms with Crippen molar-refractivity contribution >= 4 is 17.4 Å². The summed E-state index contributed by atoms with van der Waals surface area (Å²) in [4.78, 5) is 16.6. The van der Waals surface area contributed by atoms with Crippen LogP contribution in [-0.2, 0) is 0 Å². The molecule has 1 aliphatic carbocycles. The highest BCUT2D eigenvalue weighted by atomic mass is 16.5. The second-order valence-corrected chi connectivity index (χ2v) is 5.74. The molecule has 3 rings (SSSR count). The largest absolute Gasteiger partial charge is 0.497 e. The maximum Gasteiger partial charge on any atom is 0.255 e. The van der Waals surface area contributed by atoms with Gasteiger partial charge in [-0.1, -0.05) is 18.9 Å². The van der Waals surface area contributed by atoms with Crippen LogP contribution < -0.4 is 15.4 Å². The van der Waals surface area contributed by atoms with E-state index in [0.717, 1.165) is 5.82 Å². The molecule has 5 heteroatoms. The first kappa shape index (κ1) is 15.3. The molecule has 0 atom stereocenters. The van der Waals surface area contributed by atoms with E-state index in [0.29, 0.717) is 23.0 Å². The molecule has 120 valence electrons. The van der Waals surface area contributed by atoms with Gasteiger partial charge in [-0.05, 0) is 43.2 Å². The lowest BCUT2D eigenvalue weighted by atomic mass is 10.2. The summed E-state index contributed by atoms with van der Waals surface area (Å²) >= 11 is 0. The maximum absolute atomic E-state index is 12.2. The van der Waals surface area contributed by atoms with E-state index in [1.54, 1.807) is 31.5 Å². The molecule has 1 aromatic heterocycles. The zero-order valence-electron chi connectivity index (χ0n) is 13.2. The van der Waals surface area contributed by atoms with Crippen LogP contribution in [0.25, 0.3) is 0 Å². The molecule has 1 heterocycles. The number of carbonyl (C=O) groups is 1. The first-order valence-electron chi connectivity index (χ1n) is 7.92. The predicted octanol–water partition coefficient (Wildman–Crippen LogP) is 3.70. The number of benzene rings is 1. The molecule has 1 saturated carbocycles. The average Bonchev–Trinajstić information content (AvgIpc) is 3.09. The third-order valence-electron chi connectivity index (χ3n) is 4.06. The van der Waals surface area contributed by atoms with Gasteiger partial charge in [0, 0.05) is 11.6 Å². The van der Waals surface area contributed by atoms with Crippen LogP contribution in [-0.4, -0.2) is 24.0 Å². The Morgan fingerprint density at radius 2 is 2.04 bits per heavy atom. The van der Waals surface area contributed by atoms with E-state index in [1.165, 1.54) is 25.7 Å². The van der Waals surface area contributed by atoms with Crippen LogP contribution in [0.3, 0.4) is 0 Å². The molecular formula is C18H21N3O2. The Hall–Kier alpha value is -2.56. The zero-order valence-corrected chi connectivity index (χ0v) is 13.2. The van der Waals surface area contributed by atoms with Gasteiger partial charge < -0.3 is 15.4 Å². The van der Waals surface area contributed by atoms with E-state index in [9.17, 15) is 4.79 Å². The van der Waals surface area contributed by atoms with Gasteiger partial charge in [0.05, 0.1) is 19.0 Å². The number of hydrogen-bond acceptors (Lipinski definition) is 4. The molecule has 0 aliphatic heterocycles. The first-order chi connectivity index (χ1) is 11.2. The fourth-order valence-electron chi connectivity index (χ4n) is 2.80.